The molecule has 9 heteroatoms. The number of benzene rings is 1. The molecule has 1 aromatic rings. The molecule has 0 fully saturated rings. The van der Waals surface area contributed by atoms with Gasteiger partial charge in [-0.2, -0.15) is 13.2 Å². The van der Waals surface area contributed by atoms with Crippen LogP contribution < -0.4 is 4.72 Å². The summed E-state index contributed by atoms with van der Waals surface area (Å²) in [7, 11) is -5.26. The van der Waals surface area contributed by atoms with Gasteiger partial charge in [-0.15, -0.1) is 0 Å². The van der Waals surface area contributed by atoms with Gasteiger partial charge in [0, 0.05) is 13.7 Å². The molecule has 0 saturated carbocycles. The lowest BCUT2D eigenvalue weighted by atomic mass is 10.1. The molecule has 1 aromatic carbocycles. The SMILES string of the molecule is Cc1cc(I)c(CCNS(=O)(=O)C(F)(F)F)c(I)c1. The zero-order chi connectivity index (χ0) is 14.8. The van der Waals surface area contributed by atoms with Crippen LogP contribution >= 0.6 is 45.2 Å². The molecule has 0 atom stereocenters. The molecule has 0 unspecified atom stereocenters. The summed E-state index contributed by atoms with van der Waals surface area (Å²) in [6, 6.07) is 3.80. The summed E-state index contributed by atoms with van der Waals surface area (Å²) >= 11 is 4.17. The molecule has 0 aliphatic heterocycles. The molecule has 0 amide bonds. The number of alkyl halides is 3. The van der Waals surface area contributed by atoms with E-state index in [1.165, 1.54) is 0 Å². The van der Waals surface area contributed by atoms with Crippen molar-refractivity contribution in [3.8, 4) is 0 Å². The van der Waals surface area contributed by atoms with Crippen LogP contribution in [-0.4, -0.2) is 20.5 Å². The Bertz CT molecular complexity index is 550. The van der Waals surface area contributed by atoms with Gasteiger partial charge in [0.15, 0.2) is 0 Å². The number of halogens is 5. The van der Waals surface area contributed by atoms with Crippen LogP contribution in [0.2, 0.25) is 0 Å². The molecule has 0 bridgehead atoms. The molecule has 1 N–H and O–H groups in total. The van der Waals surface area contributed by atoms with E-state index in [0.717, 1.165) is 18.3 Å². The lowest BCUT2D eigenvalue weighted by Crippen LogP contribution is -2.37. The van der Waals surface area contributed by atoms with Crippen molar-refractivity contribution in [2.75, 3.05) is 6.54 Å². The highest BCUT2D eigenvalue weighted by atomic mass is 127. The first-order valence-electron chi connectivity index (χ1n) is 5.05. The van der Waals surface area contributed by atoms with Crippen LogP contribution in [0.3, 0.4) is 0 Å². The van der Waals surface area contributed by atoms with Crippen LogP contribution in [0, 0.1) is 14.1 Å². The fourth-order valence-corrected chi connectivity index (χ4v) is 4.51. The van der Waals surface area contributed by atoms with Crippen molar-refractivity contribution in [3.63, 3.8) is 0 Å². The minimum absolute atomic E-state index is 0.214. The third kappa shape index (κ3) is 4.70. The van der Waals surface area contributed by atoms with Gasteiger partial charge in [-0.3, -0.25) is 0 Å². The van der Waals surface area contributed by atoms with E-state index < -0.39 is 15.5 Å². The van der Waals surface area contributed by atoms with Gasteiger partial charge in [0.2, 0.25) is 0 Å². The minimum atomic E-state index is -5.26. The van der Waals surface area contributed by atoms with Crippen LogP contribution in [0.4, 0.5) is 13.2 Å². The van der Waals surface area contributed by atoms with Gasteiger partial charge in [-0.05, 0) is 81.8 Å². The van der Waals surface area contributed by atoms with Crippen molar-refractivity contribution in [3.05, 3.63) is 30.4 Å². The van der Waals surface area contributed by atoms with Crippen molar-refractivity contribution in [1.29, 1.82) is 0 Å². The summed E-state index contributed by atoms with van der Waals surface area (Å²) in [5.41, 5.74) is -3.37. The number of nitrogens with one attached hydrogen (secondary N) is 1. The number of hydrogen-bond acceptors (Lipinski definition) is 2. The van der Waals surface area contributed by atoms with E-state index >= 15 is 0 Å². The predicted molar refractivity (Wildman–Crippen MR) is 83.3 cm³/mol. The largest absolute Gasteiger partial charge is 0.511 e. The normalized spacial score (nSPS) is 12.7. The molecule has 1 rings (SSSR count). The number of hydrogen-bond donors (Lipinski definition) is 1. The summed E-state index contributed by atoms with van der Waals surface area (Å²) in [5, 5.41) is 0. The molecule has 0 spiro atoms. The smallest absolute Gasteiger partial charge is 0.207 e. The van der Waals surface area contributed by atoms with Gasteiger partial charge in [0.25, 0.3) is 0 Å². The van der Waals surface area contributed by atoms with Gasteiger partial charge < -0.3 is 0 Å². The van der Waals surface area contributed by atoms with E-state index in [1.54, 1.807) is 4.72 Å². The Labute approximate surface area is 136 Å². The maximum absolute atomic E-state index is 12.1. The molecule has 108 valence electrons. The minimum Gasteiger partial charge on any atom is -0.207 e. The average Bonchev–Trinajstić information content (AvgIpc) is 2.20. The standard InChI is InChI=1S/C10H10F3I2NO2S/c1-6-4-8(14)7(9(15)5-6)2-3-16-19(17,18)10(11,12)13/h4-5,16H,2-3H2,1H3. The summed E-state index contributed by atoms with van der Waals surface area (Å²) in [4.78, 5) is 0. The van der Waals surface area contributed by atoms with Gasteiger partial charge >= 0.3 is 15.5 Å². The molecule has 19 heavy (non-hydrogen) atoms. The van der Waals surface area contributed by atoms with Gasteiger partial charge in [-0.1, -0.05) is 0 Å². The molecular formula is C10H10F3I2NO2S. The lowest BCUT2D eigenvalue weighted by molar-refractivity contribution is -0.0447. The second kappa shape index (κ2) is 6.43. The van der Waals surface area contributed by atoms with Crippen LogP contribution in [0.25, 0.3) is 0 Å². The van der Waals surface area contributed by atoms with Crippen molar-refractivity contribution < 1.29 is 21.6 Å². The first-order valence-corrected chi connectivity index (χ1v) is 8.69. The van der Waals surface area contributed by atoms with Crippen molar-refractivity contribution >= 4 is 55.2 Å². The predicted octanol–water partition coefficient (Wildman–Crippen LogP) is 3.19. The number of aryl methyl sites for hydroxylation is 1. The van der Waals surface area contributed by atoms with Gasteiger partial charge in [-0.25, -0.2) is 13.1 Å². The average molecular weight is 519 g/mol. The van der Waals surface area contributed by atoms with Crippen molar-refractivity contribution in [2.24, 2.45) is 0 Å². The van der Waals surface area contributed by atoms with E-state index in [0.29, 0.717) is 0 Å². The monoisotopic (exact) mass is 519 g/mol. The molecule has 3 nitrogen and oxygen atoms in total. The zero-order valence-electron chi connectivity index (χ0n) is 9.68. The molecular weight excluding hydrogens is 509 g/mol. The summed E-state index contributed by atoms with van der Waals surface area (Å²) < 4.78 is 61.4. The quantitative estimate of drug-likeness (QED) is 0.622. The molecule has 0 radical (unpaired) electrons. The second-order valence-corrected chi connectivity index (χ2v) is 7.88. The molecule has 0 heterocycles. The van der Waals surface area contributed by atoms with Crippen molar-refractivity contribution in [1.82, 2.24) is 4.72 Å². The van der Waals surface area contributed by atoms with E-state index in [1.807, 2.05) is 19.1 Å². The van der Waals surface area contributed by atoms with Crippen LogP contribution in [0.1, 0.15) is 11.1 Å². The first-order chi connectivity index (χ1) is 8.54. The topological polar surface area (TPSA) is 46.2 Å². The van der Waals surface area contributed by atoms with Crippen LogP contribution in [-0.2, 0) is 16.4 Å². The summed E-state index contributed by atoms with van der Waals surface area (Å²) in [6.07, 6.45) is 0.214. The third-order valence-corrected chi connectivity index (χ3v) is 5.38. The second-order valence-electron chi connectivity index (χ2n) is 3.80. The fraction of sp³-hybridized carbons (Fsp3) is 0.400. The molecule has 0 aromatic heterocycles. The fourth-order valence-electron chi connectivity index (χ4n) is 1.36. The highest BCUT2D eigenvalue weighted by Gasteiger charge is 2.45. The Morgan fingerprint density at radius 1 is 1.21 bits per heavy atom. The Hall–Kier alpha value is 0.380. The number of rotatable bonds is 4. The number of sulfonamides is 1. The van der Waals surface area contributed by atoms with E-state index in [2.05, 4.69) is 45.2 Å². The molecule has 0 aliphatic carbocycles. The third-order valence-electron chi connectivity index (χ3n) is 2.26. The van der Waals surface area contributed by atoms with Gasteiger partial charge in [0.05, 0.1) is 0 Å². The Balaban J connectivity index is 2.75. The van der Waals surface area contributed by atoms with Crippen LogP contribution in [0.15, 0.2) is 12.1 Å². The highest BCUT2D eigenvalue weighted by Crippen LogP contribution is 2.23. The maximum Gasteiger partial charge on any atom is 0.511 e. The van der Waals surface area contributed by atoms with Crippen LogP contribution in [0.5, 0.6) is 0 Å². The molecule has 0 saturated heterocycles. The van der Waals surface area contributed by atoms with Crippen molar-refractivity contribution in [2.45, 2.75) is 18.9 Å². The Morgan fingerprint density at radius 3 is 2.11 bits per heavy atom. The van der Waals surface area contributed by atoms with E-state index in [4.69, 9.17) is 0 Å². The van der Waals surface area contributed by atoms with E-state index in [-0.39, 0.29) is 13.0 Å². The van der Waals surface area contributed by atoms with Gasteiger partial charge in [0.1, 0.15) is 0 Å². The summed E-state index contributed by atoms with van der Waals surface area (Å²) in [6.45, 7) is 1.64. The maximum atomic E-state index is 12.1. The lowest BCUT2D eigenvalue weighted by Gasteiger charge is -2.11. The Kier molecular flexibility index (Phi) is 5.90. The summed E-state index contributed by atoms with van der Waals surface area (Å²) in [5.74, 6) is 0. The Morgan fingerprint density at radius 2 is 1.68 bits per heavy atom. The van der Waals surface area contributed by atoms with E-state index in [9.17, 15) is 21.6 Å². The molecule has 0 aliphatic rings. The highest BCUT2D eigenvalue weighted by molar-refractivity contribution is 14.1. The first kappa shape index (κ1) is 17.4. The zero-order valence-corrected chi connectivity index (χ0v) is 14.8.